The third kappa shape index (κ3) is 2.12. The number of pyridine rings is 1. The highest BCUT2D eigenvalue weighted by atomic mass is 127. The molecule has 21 heavy (non-hydrogen) atoms. The maximum absolute atomic E-state index is 12.2. The van der Waals surface area contributed by atoms with Crippen molar-refractivity contribution >= 4 is 51.8 Å². The molecule has 2 heterocycles. The summed E-state index contributed by atoms with van der Waals surface area (Å²) < 4.78 is 1.88. The summed E-state index contributed by atoms with van der Waals surface area (Å²) >= 11 is 7.90. The van der Waals surface area contributed by atoms with E-state index in [0.717, 1.165) is 6.07 Å². The number of benzene rings is 1. The number of nitrogens with one attached hydrogen (secondary N) is 1. The predicted octanol–water partition coefficient (Wildman–Crippen LogP) is 1.56. The van der Waals surface area contributed by atoms with Crippen LogP contribution in [0.1, 0.15) is 20.7 Å². The van der Waals surface area contributed by atoms with Crippen LogP contribution in [0.4, 0.5) is 5.82 Å². The van der Waals surface area contributed by atoms with E-state index in [1.165, 1.54) is 4.57 Å². The zero-order valence-corrected chi connectivity index (χ0v) is 13.2. The summed E-state index contributed by atoms with van der Waals surface area (Å²) in [6.07, 6.45) is 0. The lowest BCUT2D eigenvalue weighted by atomic mass is 10.1. The van der Waals surface area contributed by atoms with Gasteiger partial charge in [-0.25, -0.2) is 0 Å². The first-order valence-electron chi connectivity index (χ1n) is 5.77. The number of aromatic nitrogens is 1. The normalized spacial score (nSPS) is 13.2. The third-order valence-corrected chi connectivity index (χ3v) is 4.20. The quantitative estimate of drug-likeness (QED) is 0.546. The number of hydrogen-bond donors (Lipinski definition) is 2. The van der Waals surface area contributed by atoms with Crippen LogP contribution in [0.2, 0.25) is 5.02 Å². The molecule has 2 aromatic rings. The van der Waals surface area contributed by atoms with E-state index >= 15 is 0 Å². The average molecular weight is 416 g/mol. The first-order chi connectivity index (χ1) is 9.90. The van der Waals surface area contributed by atoms with Gasteiger partial charge in [-0.3, -0.25) is 24.3 Å². The molecule has 0 bridgehead atoms. The highest BCUT2D eigenvalue weighted by molar-refractivity contribution is 14.1. The fourth-order valence-corrected chi connectivity index (χ4v) is 3.30. The first kappa shape index (κ1) is 14.1. The van der Waals surface area contributed by atoms with E-state index < -0.39 is 17.4 Å². The van der Waals surface area contributed by atoms with Crippen LogP contribution >= 0.6 is 34.2 Å². The van der Waals surface area contributed by atoms with Gasteiger partial charge in [-0.15, -0.1) is 0 Å². The maximum atomic E-state index is 12.2. The summed E-state index contributed by atoms with van der Waals surface area (Å²) in [6, 6.07) is 6.02. The van der Waals surface area contributed by atoms with E-state index in [1.54, 1.807) is 18.2 Å². The standard InChI is InChI=1S/C13H7ClIN3O3/c14-5-1-2-8(7(15)3-5)18-9(19)4-6-10(11(18)16)13(21)17-12(6)20/h1-4H,16H2,(H,17,20,21). The average Bonchev–Trinajstić information content (AvgIpc) is 2.67. The molecule has 6 nitrogen and oxygen atoms in total. The zero-order chi connectivity index (χ0) is 15.3. The van der Waals surface area contributed by atoms with Crippen molar-refractivity contribution in [3.8, 4) is 5.69 Å². The Labute approximate surface area is 137 Å². The van der Waals surface area contributed by atoms with Crippen LogP contribution < -0.4 is 16.6 Å². The largest absolute Gasteiger partial charge is 0.384 e. The second-order valence-corrected chi connectivity index (χ2v) is 5.97. The Morgan fingerprint density at radius 3 is 2.52 bits per heavy atom. The third-order valence-electron chi connectivity index (χ3n) is 3.10. The van der Waals surface area contributed by atoms with Gasteiger partial charge in [0.1, 0.15) is 5.82 Å². The molecule has 0 saturated carbocycles. The lowest BCUT2D eigenvalue weighted by molar-refractivity contribution is 0.0880. The zero-order valence-electron chi connectivity index (χ0n) is 10.3. The van der Waals surface area contributed by atoms with Gasteiger partial charge < -0.3 is 5.73 Å². The molecule has 1 aliphatic heterocycles. The minimum Gasteiger partial charge on any atom is -0.384 e. The van der Waals surface area contributed by atoms with Gasteiger partial charge in [0.2, 0.25) is 0 Å². The number of fused-ring (bicyclic) bond motifs is 1. The Hall–Kier alpha value is -1.87. The number of carbonyl (C=O) groups excluding carboxylic acids is 2. The molecule has 3 rings (SSSR count). The highest BCUT2D eigenvalue weighted by Gasteiger charge is 2.32. The molecule has 8 heteroatoms. The van der Waals surface area contributed by atoms with E-state index in [4.69, 9.17) is 17.3 Å². The topological polar surface area (TPSA) is 94.2 Å². The van der Waals surface area contributed by atoms with Crippen molar-refractivity contribution < 1.29 is 9.59 Å². The minimum atomic E-state index is -0.614. The summed E-state index contributed by atoms with van der Waals surface area (Å²) in [6.45, 7) is 0. The second-order valence-electron chi connectivity index (χ2n) is 4.37. The molecule has 1 aliphatic rings. The predicted molar refractivity (Wildman–Crippen MR) is 86.0 cm³/mol. The molecular formula is C13H7ClIN3O3. The fourth-order valence-electron chi connectivity index (χ4n) is 2.19. The maximum Gasteiger partial charge on any atom is 0.262 e. The summed E-state index contributed by atoms with van der Waals surface area (Å²) in [4.78, 5) is 35.6. The molecule has 0 aliphatic carbocycles. The number of anilines is 1. The van der Waals surface area contributed by atoms with Crippen LogP contribution in [-0.4, -0.2) is 16.4 Å². The molecule has 3 N–H and O–H groups in total. The molecule has 0 saturated heterocycles. The van der Waals surface area contributed by atoms with Gasteiger partial charge in [0.05, 0.1) is 16.8 Å². The van der Waals surface area contributed by atoms with Crippen molar-refractivity contribution in [1.29, 1.82) is 0 Å². The van der Waals surface area contributed by atoms with Crippen LogP contribution in [0, 0.1) is 3.57 Å². The molecule has 1 aromatic carbocycles. The minimum absolute atomic E-state index is 0.00252. The monoisotopic (exact) mass is 415 g/mol. The number of imide groups is 1. The van der Waals surface area contributed by atoms with Crippen molar-refractivity contribution in [3.63, 3.8) is 0 Å². The van der Waals surface area contributed by atoms with Gasteiger partial charge in [-0.05, 0) is 40.8 Å². The summed E-state index contributed by atoms with van der Waals surface area (Å²) in [7, 11) is 0. The van der Waals surface area contributed by atoms with E-state index in [0.29, 0.717) is 14.3 Å². The number of nitrogen functional groups attached to an aromatic ring is 1. The molecule has 0 atom stereocenters. The molecule has 0 unspecified atom stereocenters. The van der Waals surface area contributed by atoms with Crippen LogP contribution in [0.15, 0.2) is 29.1 Å². The SMILES string of the molecule is Nc1c2c(cc(=O)n1-c1ccc(Cl)cc1I)C(=O)NC2=O. The highest BCUT2D eigenvalue weighted by Crippen LogP contribution is 2.26. The molecule has 0 spiro atoms. The van der Waals surface area contributed by atoms with Crippen LogP contribution in [-0.2, 0) is 0 Å². The van der Waals surface area contributed by atoms with Crippen molar-refractivity contribution in [2.45, 2.75) is 0 Å². The molecule has 0 radical (unpaired) electrons. The Morgan fingerprint density at radius 1 is 1.14 bits per heavy atom. The van der Waals surface area contributed by atoms with Gasteiger partial charge in [0.25, 0.3) is 17.4 Å². The summed E-state index contributed by atoms with van der Waals surface area (Å²) in [5, 5.41) is 2.64. The van der Waals surface area contributed by atoms with E-state index in [-0.39, 0.29) is 16.9 Å². The number of rotatable bonds is 1. The molecule has 106 valence electrons. The molecule has 0 fully saturated rings. The first-order valence-corrected chi connectivity index (χ1v) is 7.22. The van der Waals surface area contributed by atoms with Gasteiger partial charge in [0.15, 0.2) is 0 Å². The Bertz CT molecular complexity index is 876. The molecule has 2 amide bonds. The lowest BCUT2D eigenvalue weighted by Gasteiger charge is -2.13. The number of nitrogens with two attached hydrogens (primary N) is 1. The Balaban J connectivity index is 2.35. The summed E-state index contributed by atoms with van der Waals surface area (Å²) in [5.74, 6) is -1.29. The number of hydrogen-bond acceptors (Lipinski definition) is 4. The van der Waals surface area contributed by atoms with Crippen molar-refractivity contribution in [2.24, 2.45) is 0 Å². The van der Waals surface area contributed by atoms with Gasteiger partial charge in [-0.1, -0.05) is 11.6 Å². The van der Waals surface area contributed by atoms with E-state index in [9.17, 15) is 14.4 Å². The number of carbonyl (C=O) groups is 2. The van der Waals surface area contributed by atoms with Crippen molar-refractivity contribution in [3.05, 3.63) is 54.3 Å². The molecule has 1 aromatic heterocycles. The number of halogens is 2. The Kier molecular flexibility index (Phi) is 3.25. The molecular weight excluding hydrogens is 409 g/mol. The summed E-state index contributed by atoms with van der Waals surface area (Å²) in [5.41, 5.74) is 5.97. The smallest absolute Gasteiger partial charge is 0.262 e. The van der Waals surface area contributed by atoms with E-state index in [1.807, 2.05) is 22.6 Å². The number of amides is 2. The Morgan fingerprint density at radius 2 is 1.86 bits per heavy atom. The van der Waals surface area contributed by atoms with Crippen LogP contribution in [0.3, 0.4) is 0 Å². The van der Waals surface area contributed by atoms with Crippen molar-refractivity contribution in [1.82, 2.24) is 9.88 Å². The van der Waals surface area contributed by atoms with Crippen LogP contribution in [0.25, 0.3) is 5.69 Å². The van der Waals surface area contributed by atoms with Crippen molar-refractivity contribution in [2.75, 3.05) is 5.73 Å². The fraction of sp³-hybridized carbons (Fsp3) is 0. The van der Waals surface area contributed by atoms with Gasteiger partial charge >= 0.3 is 0 Å². The lowest BCUT2D eigenvalue weighted by Crippen LogP contribution is -2.24. The second kappa shape index (κ2) is 4.85. The van der Waals surface area contributed by atoms with Gasteiger partial charge in [-0.2, -0.15) is 0 Å². The van der Waals surface area contributed by atoms with Crippen LogP contribution in [0.5, 0.6) is 0 Å². The van der Waals surface area contributed by atoms with E-state index in [2.05, 4.69) is 5.32 Å². The van der Waals surface area contributed by atoms with Gasteiger partial charge in [0, 0.05) is 14.7 Å². The number of nitrogens with zero attached hydrogens (tertiary/aromatic N) is 1.